The number of nitriles is 1. The highest BCUT2D eigenvalue weighted by atomic mass is 16.7. The number of rotatable bonds is 4. The molecule has 0 spiro atoms. The van der Waals surface area contributed by atoms with E-state index < -0.39 is 5.79 Å². The van der Waals surface area contributed by atoms with Crippen LogP contribution in [-0.4, -0.2) is 12.9 Å². The molecule has 1 aromatic carbocycles. The number of hydrogen-bond donors (Lipinski definition) is 0. The van der Waals surface area contributed by atoms with Crippen molar-refractivity contribution in [3.8, 4) is 6.07 Å². The summed E-state index contributed by atoms with van der Waals surface area (Å²) < 4.78 is 10.7. The first kappa shape index (κ1) is 11.7. The van der Waals surface area contributed by atoms with Gasteiger partial charge in [0.25, 0.3) is 0 Å². The van der Waals surface area contributed by atoms with Crippen LogP contribution >= 0.6 is 0 Å². The molecule has 0 heterocycles. The van der Waals surface area contributed by atoms with Crippen LogP contribution in [0.5, 0.6) is 0 Å². The molecule has 0 N–H and O–H groups in total. The number of nitrogens with zero attached hydrogens (tertiary/aromatic N) is 1. The lowest BCUT2D eigenvalue weighted by molar-refractivity contribution is -0.204. The van der Waals surface area contributed by atoms with Crippen LogP contribution in [0, 0.1) is 11.3 Å². The maximum absolute atomic E-state index is 8.87. The van der Waals surface area contributed by atoms with Gasteiger partial charge in [0.2, 0.25) is 0 Å². The van der Waals surface area contributed by atoms with Crippen molar-refractivity contribution < 1.29 is 9.47 Å². The van der Waals surface area contributed by atoms with Crippen LogP contribution in [0.2, 0.25) is 0 Å². The Morgan fingerprint density at radius 2 is 2.00 bits per heavy atom. The number of hydrogen-bond acceptors (Lipinski definition) is 3. The third-order valence-corrected chi connectivity index (χ3v) is 2.20. The Kier molecular flexibility index (Phi) is 3.84. The van der Waals surface area contributed by atoms with Gasteiger partial charge in [0.15, 0.2) is 5.79 Å². The third kappa shape index (κ3) is 3.35. The van der Waals surface area contributed by atoms with Crippen LogP contribution in [0.1, 0.15) is 25.0 Å². The van der Waals surface area contributed by atoms with Crippen molar-refractivity contribution in [1.82, 2.24) is 0 Å². The van der Waals surface area contributed by atoms with E-state index in [1.165, 1.54) is 0 Å². The van der Waals surface area contributed by atoms with Crippen molar-refractivity contribution in [2.24, 2.45) is 0 Å². The lowest BCUT2D eigenvalue weighted by atomic mass is 10.1. The zero-order valence-electron chi connectivity index (χ0n) is 9.28. The molecule has 0 saturated carbocycles. The average molecular weight is 205 g/mol. The van der Waals surface area contributed by atoms with Crippen LogP contribution in [0.15, 0.2) is 24.3 Å². The van der Waals surface area contributed by atoms with Crippen molar-refractivity contribution in [2.75, 3.05) is 7.11 Å². The fourth-order valence-corrected chi connectivity index (χ4v) is 1.07. The Bertz CT molecular complexity index is 366. The van der Waals surface area contributed by atoms with Gasteiger partial charge in [-0.3, -0.25) is 0 Å². The largest absolute Gasteiger partial charge is 0.354 e. The van der Waals surface area contributed by atoms with Gasteiger partial charge in [-0.1, -0.05) is 18.2 Å². The molecule has 0 aliphatic heterocycles. The van der Waals surface area contributed by atoms with Crippen molar-refractivity contribution >= 4 is 0 Å². The van der Waals surface area contributed by atoms with E-state index in [0.29, 0.717) is 12.2 Å². The Morgan fingerprint density at radius 3 is 2.60 bits per heavy atom. The normalized spacial score (nSPS) is 11.1. The lowest BCUT2D eigenvalue weighted by Gasteiger charge is -2.23. The molecule has 0 bridgehead atoms. The van der Waals surface area contributed by atoms with Gasteiger partial charge in [0.05, 0.1) is 18.2 Å². The minimum absolute atomic E-state index is 0.380. The van der Waals surface area contributed by atoms with Gasteiger partial charge in [0, 0.05) is 7.11 Å². The van der Waals surface area contributed by atoms with Crippen LogP contribution in [0.4, 0.5) is 0 Å². The zero-order valence-corrected chi connectivity index (χ0v) is 9.28. The topological polar surface area (TPSA) is 42.2 Å². The Hall–Kier alpha value is -1.37. The highest BCUT2D eigenvalue weighted by molar-refractivity contribution is 5.36. The van der Waals surface area contributed by atoms with Crippen LogP contribution < -0.4 is 0 Å². The van der Waals surface area contributed by atoms with E-state index in [1.807, 2.05) is 32.0 Å². The van der Waals surface area contributed by atoms with Gasteiger partial charge >= 0.3 is 0 Å². The van der Waals surface area contributed by atoms with E-state index in [0.717, 1.165) is 5.56 Å². The fourth-order valence-electron chi connectivity index (χ4n) is 1.07. The minimum Gasteiger partial charge on any atom is -0.354 e. The summed E-state index contributed by atoms with van der Waals surface area (Å²) in [6, 6.07) is 9.51. The molecule has 0 atom stereocenters. The predicted octanol–water partition coefficient (Wildman–Crippen LogP) is 2.46. The SMILES string of the molecule is COC(C)(C)OCc1ccccc1C#N. The summed E-state index contributed by atoms with van der Waals surface area (Å²) in [7, 11) is 1.59. The van der Waals surface area contributed by atoms with Gasteiger partial charge < -0.3 is 9.47 Å². The van der Waals surface area contributed by atoms with E-state index in [-0.39, 0.29) is 0 Å². The van der Waals surface area contributed by atoms with Gasteiger partial charge in [0.1, 0.15) is 0 Å². The third-order valence-electron chi connectivity index (χ3n) is 2.20. The maximum atomic E-state index is 8.87. The first-order valence-corrected chi connectivity index (χ1v) is 4.76. The van der Waals surface area contributed by atoms with Crippen LogP contribution in [0.25, 0.3) is 0 Å². The smallest absolute Gasteiger partial charge is 0.162 e. The molecule has 0 fully saturated rings. The summed E-state index contributed by atoms with van der Waals surface area (Å²) in [5.41, 5.74) is 1.52. The molecule has 0 aromatic heterocycles. The molecule has 80 valence electrons. The lowest BCUT2D eigenvalue weighted by Crippen LogP contribution is -2.26. The predicted molar refractivity (Wildman–Crippen MR) is 57.0 cm³/mol. The zero-order chi connectivity index (χ0) is 11.3. The molecular formula is C12H15NO2. The molecule has 3 nitrogen and oxygen atoms in total. The minimum atomic E-state index is -0.622. The summed E-state index contributed by atoms with van der Waals surface area (Å²) in [5, 5.41) is 8.87. The second-order valence-corrected chi connectivity index (χ2v) is 3.66. The van der Waals surface area contributed by atoms with E-state index in [4.69, 9.17) is 14.7 Å². The van der Waals surface area contributed by atoms with Crippen LogP contribution in [0.3, 0.4) is 0 Å². The van der Waals surface area contributed by atoms with Gasteiger partial charge in [-0.15, -0.1) is 0 Å². The van der Waals surface area contributed by atoms with Crippen LogP contribution in [-0.2, 0) is 16.1 Å². The average Bonchev–Trinajstić information content (AvgIpc) is 2.27. The molecule has 0 saturated heterocycles. The molecule has 15 heavy (non-hydrogen) atoms. The quantitative estimate of drug-likeness (QED) is 0.709. The van der Waals surface area contributed by atoms with E-state index in [9.17, 15) is 0 Å². The van der Waals surface area contributed by atoms with E-state index in [2.05, 4.69) is 6.07 Å². The molecule has 0 aliphatic carbocycles. The van der Waals surface area contributed by atoms with Crippen molar-refractivity contribution in [3.63, 3.8) is 0 Å². The maximum Gasteiger partial charge on any atom is 0.162 e. The first-order valence-electron chi connectivity index (χ1n) is 4.76. The molecule has 0 aliphatic rings. The standard InChI is InChI=1S/C12H15NO2/c1-12(2,14-3)15-9-11-7-5-4-6-10(11)8-13/h4-7H,9H2,1-3H3. The van der Waals surface area contributed by atoms with E-state index >= 15 is 0 Å². The van der Waals surface area contributed by atoms with Crippen molar-refractivity contribution in [3.05, 3.63) is 35.4 Å². The monoisotopic (exact) mass is 205 g/mol. The number of ether oxygens (including phenoxy) is 2. The molecule has 0 unspecified atom stereocenters. The van der Waals surface area contributed by atoms with Gasteiger partial charge in [-0.25, -0.2) is 0 Å². The molecule has 1 aromatic rings. The fraction of sp³-hybridized carbons (Fsp3) is 0.417. The molecule has 3 heteroatoms. The summed E-state index contributed by atoms with van der Waals surface area (Å²) in [6.07, 6.45) is 0. The molecular weight excluding hydrogens is 190 g/mol. The Labute approximate surface area is 90.2 Å². The highest BCUT2D eigenvalue weighted by Gasteiger charge is 2.16. The number of methoxy groups -OCH3 is 1. The van der Waals surface area contributed by atoms with Gasteiger partial charge in [-0.05, 0) is 25.5 Å². The number of benzene rings is 1. The summed E-state index contributed by atoms with van der Waals surface area (Å²) in [6.45, 7) is 4.05. The Morgan fingerprint density at radius 1 is 1.33 bits per heavy atom. The summed E-state index contributed by atoms with van der Waals surface area (Å²) >= 11 is 0. The van der Waals surface area contributed by atoms with E-state index in [1.54, 1.807) is 13.2 Å². The summed E-state index contributed by atoms with van der Waals surface area (Å²) in [5.74, 6) is -0.622. The summed E-state index contributed by atoms with van der Waals surface area (Å²) in [4.78, 5) is 0. The molecule has 1 rings (SSSR count). The van der Waals surface area contributed by atoms with Gasteiger partial charge in [-0.2, -0.15) is 5.26 Å². The first-order chi connectivity index (χ1) is 7.09. The van der Waals surface area contributed by atoms with Crippen molar-refractivity contribution in [1.29, 1.82) is 5.26 Å². The molecule has 0 amide bonds. The van der Waals surface area contributed by atoms with Crippen molar-refractivity contribution in [2.45, 2.75) is 26.2 Å². The second-order valence-electron chi connectivity index (χ2n) is 3.66. The Balaban J connectivity index is 2.70. The highest BCUT2D eigenvalue weighted by Crippen LogP contribution is 2.15. The second kappa shape index (κ2) is 4.92. The molecule has 0 radical (unpaired) electrons.